The van der Waals surface area contributed by atoms with Crippen LogP contribution < -0.4 is 10.0 Å². The molecule has 2 N–H and O–H groups in total. The molecule has 0 saturated carbocycles. The Balaban J connectivity index is 1.81. The van der Waals surface area contributed by atoms with Gasteiger partial charge >= 0.3 is 0 Å². The van der Waals surface area contributed by atoms with E-state index in [4.69, 9.17) is 4.74 Å². The highest BCUT2D eigenvalue weighted by atomic mass is 32.2. The van der Waals surface area contributed by atoms with Crippen LogP contribution in [0.2, 0.25) is 0 Å². The Hall–Kier alpha value is -1.97. The van der Waals surface area contributed by atoms with Gasteiger partial charge in [0.15, 0.2) is 0 Å². The fourth-order valence-corrected chi connectivity index (χ4v) is 4.90. The molecule has 0 bridgehead atoms. The number of amides is 2. The lowest BCUT2D eigenvalue weighted by Gasteiger charge is -2.31. The van der Waals surface area contributed by atoms with Gasteiger partial charge < -0.3 is 15.0 Å². The SMILES string of the molecule is CC(C)CC(NS(=O)(=O)c1ccc2c(c1)CCCC(=O)N2)C(=O)N1CCOCC1. The third-order valence-electron chi connectivity index (χ3n) is 5.14. The van der Waals surface area contributed by atoms with Gasteiger partial charge in [-0.2, -0.15) is 4.72 Å². The summed E-state index contributed by atoms with van der Waals surface area (Å²) >= 11 is 0. The number of sulfonamides is 1. The molecule has 0 aliphatic carbocycles. The van der Waals surface area contributed by atoms with Gasteiger partial charge in [0.05, 0.1) is 18.1 Å². The van der Waals surface area contributed by atoms with E-state index in [-0.39, 0.29) is 22.6 Å². The first kappa shape index (κ1) is 21.7. The monoisotopic (exact) mass is 423 g/mol. The van der Waals surface area contributed by atoms with Crippen molar-refractivity contribution in [3.05, 3.63) is 23.8 Å². The van der Waals surface area contributed by atoms with Crippen LogP contribution in [-0.2, 0) is 30.8 Å². The highest BCUT2D eigenvalue weighted by Gasteiger charge is 2.31. The van der Waals surface area contributed by atoms with Gasteiger partial charge in [-0.1, -0.05) is 13.8 Å². The minimum Gasteiger partial charge on any atom is -0.378 e. The van der Waals surface area contributed by atoms with E-state index in [2.05, 4.69) is 10.0 Å². The van der Waals surface area contributed by atoms with Crippen molar-refractivity contribution >= 4 is 27.5 Å². The number of hydrogen-bond acceptors (Lipinski definition) is 5. The van der Waals surface area contributed by atoms with E-state index in [1.165, 1.54) is 6.07 Å². The van der Waals surface area contributed by atoms with Gasteiger partial charge in [0.25, 0.3) is 0 Å². The van der Waals surface area contributed by atoms with E-state index in [0.717, 1.165) is 5.56 Å². The summed E-state index contributed by atoms with van der Waals surface area (Å²) in [5.41, 5.74) is 1.44. The fourth-order valence-electron chi connectivity index (χ4n) is 3.65. The van der Waals surface area contributed by atoms with E-state index >= 15 is 0 Å². The van der Waals surface area contributed by atoms with Crippen LogP contribution in [0.5, 0.6) is 0 Å². The summed E-state index contributed by atoms with van der Waals surface area (Å²) in [6, 6.07) is 3.86. The summed E-state index contributed by atoms with van der Waals surface area (Å²) in [6.45, 7) is 5.77. The maximum absolute atomic E-state index is 13.1. The fraction of sp³-hybridized carbons (Fsp3) is 0.600. The Labute approximate surface area is 172 Å². The number of morpholine rings is 1. The smallest absolute Gasteiger partial charge is 0.241 e. The van der Waals surface area contributed by atoms with E-state index in [9.17, 15) is 18.0 Å². The van der Waals surface area contributed by atoms with Crippen molar-refractivity contribution in [2.75, 3.05) is 31.6 Å². The molecule has 2 heterocycles. The molecule has 0 radical (unpaired) electrons. The van der Waals surface area contributed by atoms with E-state index in [1.54, 1.807) is 17.0 Å². The van der Waals surface area contributed by atoms with Gasteiger partial charge in [-0.25, -0.2) is 8.42 Å². The highest BCUT2D eigenvalue weighted by molar-refractivity contribution is 7.89. The number of rotatable bonds is 6. The Morgan fingerprint density at radius 1 is 1.24 bits per heavy atom. The maximum atomic E-state index is 13.1. The van der Waals surface area contributed by atoms with Crippen LogP contribution in [0.25, 0.3) is 0 Å². The topological polar surface area (TPSA) is 105 Å². The Bertz CT molecular complexity index is 863. The third-order valence-corrected chi connectivity index (χ3v) is 6.61. The third kappa shape index (κ3) is 5.55. The van der Waals surface area contributed by atoms with Crippen LogP contribution in [0, 0.1) is 5.92 Å². The van der Waals surface area contributed by atoms with Crippen molar-refractivity contribution in [3.63, 3.8) is 0 Å². The zero-order valence-electron chi connectivity index (χ0n) is 16.9. The minimum absolute atomic E-state index is 0.0643. The van der Waals surface area contributed by atoms with Gasteiger partial charge in [-0.15, -0.1) is 0 Å². The van der Waals surface area contributed by atoms with Crippen LogP contribution >= 0.6 is 0 Å². The first-order valence-corrected chi connectivity index (χ1v) is 11.6. The number of aryl methyl sites for hydroxylation is 1. The molecule has 29 heavy (non-hydrogen) atoms. The lowest BCUT2D eigenvalue weighted by Crippen LogP contribution is -2.52. The quantitative estimate of drug-likeness (QED) is 0.722. The summed E-state index contributed by atoms with van der Waals surface area (Å²) in [6.07, 6.45) is 2.12. The number of nitrogens with one attached hydrogen (secondary N) is 2. The average molecular weight is 424 g/mol. The van der Waals surface area contributed by atoms with Gasteiger partial charge in [0.1, 0.15) is 6.04 Å². The molecule has 1 atom stereocenters. The first-order chi connectivity index (χ1) is 13.8. The van der Waals surface area contributed by atoms with Gasteiger partial charge in [0, 0.05) is 25.2 Å². The number of ether oxygens (including phenoxy) is 1. The molecule has 1 fully saturated rings. The summed E-state index contributed by atoms with van der Waals surface area (Å²) in [7, 11) is -3.89. The van der Waals surface area contributed by atoms with Crippen LogP contribution in [0.1, 0.15) is 38.7 Å². The molecular formula is C20H29N3O5S. The second kappa shape index (κ2) is 9.23. The summed E-state index contributed by atoms with van der Waals surface area (Å²) in [4.78, 5) is 26.4. The van der Waals surface area contributed by atoms with Crippen molar-refractivity contribution in [2.24, 2.45) is 5.92 Å². The summed E-state index contributed by atoms with van der Waals surface area (Å²) < 4.78 is 34.0. The average Bonchev–Trinajstić information content (AvgIpc) is 2.87. The molecule has 1 aromatic rings. The maximum Gasteiger partial charge on any atom is 0.241 e. The molecule has 2 amide bonds. The predicted octanol–water partition coefficient (Wildman–Crippen LogP) is 1.51. The van der Waals surface area contributed by atoms with Crippen LogP contribution in [0.4, 0.5) is 5.69 Å². The Morgan fingerprint density at radius 2 is 1.97 bits per heavy atom. The van der Waals surface area contributed by atoms with Crippen molar-refractivity contribution in [2.45, 2.75) is 50.5 Å². The van der Waals surface area contributed by atoms with Crippen molar-refractivity contribution in [3.8, 4) is 0 Å². The molecule has 9 heteroatoms. The second-order valence-corrected chi connectivity index (χ2v) is 9.68. The molecule has 1 aromatic carbocycles. The molecule has 0 spiro atoms. The molecule has 160 valence electrons. The number of carbonyl (C=O) groups is 2. The van der Waals surface area contributed by atoms with Crippen LogP contribution in [-0.4, -0.2) is 57.5 Å². The van der Waals surface area contributed by atoms with E-state index in [0.29, 0.717) is 57.7 Å². The molecule has 3 rings (SSSR count). The van der Waals surface area contributed by atoms with Crippen molar-refractivity contribution in [1.82, 2.24) is 9.62 Å². The van der Waals surface area contributed by atoms with E-state index in [1.807, 2.05) is 13.8 Å². The molecule has 1 saturated heterocycles. The molecule has 1 unspecified atom stereocenters. The minimum atomic E-state index is -3.89. The number of anilines is 1. The highest BCUT2D eigenvalue weighted by Crippen LogP contribution is 2.25. The lowest BCUT2D eigenvalue weighted by molar-refractivity contribution is -0.137. The number of nitrogens with zero attached hydrogens (tertiary/aromatic N) is 1. The van der Waals surface area contributed by atoms with Gasteiger partial charge in [0.2, 0.25) is 21.8 Å². The first-order valence-electron chi connectivity index (χ1n) is 10.1. The molecule has 0 aromatic heterocycles. The summed E-state index contributed by atoms with van der Waals surface area (Å²) in [5, 5.41) is 2.80. The number of hydrogen-bond donors (Lipinski definition) is 2. The second-order valence-electron chi connectivity index (χ2n) is 7.96. The standard InChI is InChI=1S/C20H29N3O5S/c1-14(2)12-18(20(25)23-8-10-28-11-9-23)22-29(26,27)16-6-7-17-15(13-16)4-3-5-19(24)21-17/h6-7,13-14,18,22H,3-5,8-12H2,1-2H3,(H,21,24). The van der Waals surface area contributed by atoms with Crippen molar-refractivity contribution in [1.29, 1.82) is 0 Å². The molecule has 8 nitrogen and oxygen atoms in total. The molecule has 2 aliphatic rings. The van der Waals surface area contributed by atoms with Gasteiger partial charge in [-0.3, -0.25) is 9.59 Å². The lowest BCUT2D eigenvalue weighted by atomic mass is 10.0. The predicted molar refractivity (Wildman–Crippen MR) is 109 cm³/mol. The number of benzene rings is 1. The van der Waals surface area contributed by atoms with Gasteiger partial charge in [-0.05, 0) is 48.9 Å². The largest absolute Gasteiger partial charge is 0.378 e. The summed E-state index contributed by atoms with van der Waals surface area (Å²) in [5.74, 6) is -0.131. The zero-order chi connectivity index (χ0) is 21.0. The number of fused-ring (bicyclic) bond motifs is 1. The van der Waals surface area contributed by atoms with E-state index < -0.39 is 16.1 Å². The zero-order valence-corrected chi connectivity index (χ0v) is 17.8. The normalized spacial score (nSPS) is 18.7. The molecule has 2 aliphatic heterocycles. The molecular weight excluding hydrogens is 394 g/mol. The number of carbonyl (C=O) groups excluding carboxylic acids is 2. The Morgan fingerprint density at radius 3 is 2.66 bits per heavy atom. The van der Waals surface area contributed by atoms with Crippen molar-refractivity contribution < 1.29 is 22.7 Å². The Kier molecular flexibility index (Phi) is 6.92. The van der Waals surface area contributed by atoms with Crippen LogP contribution in [0.15, 0.2) is 23.1 Å². The van der Waals surface area contributed by atoms with Crippen LogP contribution in [0.3, 0.4) is 0 Å².